The molecule has 2 rings (SSSR count). The van der Waals surface area contributed by atoms with Crippen LogP contribution in [0.4, 0.5) is 0 Å². The third-order valence-corrected chi connectivity index (χ3v) is 2.98. The van der Waals surface area contributed by atoms with Crippen LogP contribution in [0.2, 0.25) is 5.28 Å². The molecule has 0 spiro atoms. The lowest BCUT2D eigenvalue weighted by Gasteiger charge is -2.13. The number of carbonyl (C=O) groups excluding carboxylic acids is 1. The SMILES string of the molecule is COc1cc(OC)c(C(=O)c2ccnc(Cl)n2)c(OC)c1. The van der Waals surface area contributed by atoms with Crippen molar-refractivity contribution < 1.29 is 19.0 Å². The molecule has 0 saturated carbocycles. The molecule has 2 aromatic rings. The Morgan fingerprint density at radius 1 is 1.10 bits per heavy atom. The fourth-order valence-electron chi connectivity index (χ4n) is 1.82. The molecular formula is C14H13ClN2O4. The van der Waals surface area contributed by atoms with Crippen LogP contribution in [-0.4, -0.2) is 37.1 Å². The number of hydrogen-bond donors (Lipinski definition) is 0. The molecule has 0 unspecified atom stereocenters. The Kier molecular flexibility index (Phi) is 4.59. The van der Waals surface area contributed by atoms with E-state index in [0.29, 0.717) is 17.2 Å². The Bertz CT molecular complexity index is 651. The topological polar surface area (TPSA) is 70.5 Å². The number of carbonyl (C=O) groups is 1. The monoisotopic (exact) mass is 308 g/mol. The van der Waals surface area contributed by atoms with Crippen molar-refractivity contribution in [1.29, 1.82) is 0 Å². The highest BCUT2D eigenvalue weighted by Gasteiger charge is 2.23. The van der Waals surface area contributed by atoms with Gasteiger partial charge in [-0.2, -0.15) is 0 Å². The number of nitrogens with zero attached hydrogens (tertiary/aromatic N) is 2. The average Bonchev–Trinajstić information content (AvgIpc) is 2.52. The van der Waals surface area contributed by atoms with Gasteiger partial charge in [-0.25, -0.2) is 9.97 Å². The molecular weight excluding hydrogens is 296 g/mol. The summed E-state index contributed by atoms with van der Waals surface area (Å²) in [5.74, 6) is 0.786. The summed E-state index contributed by atoms with van der Waals surface area (Å²) >= 11 is 5.71. The summed E-state index contributed by atoms with van der Waals surface area (Å²) in [7, 11) is 4.43. The molecule has 0 bridgehead atoms. The summed E-state index contributed by atoms with van der Waals surface area (Å²) in [4.78, 5) is 20.3. The Morgan fingerprint density at radius 2 is 1.71 bits per heavy atom. The van der Waals surface area contributed by atoms with Gasteiger partial charge in [-0.15, -0.1) is 0 Å². The van der Waals surface area contributed by atoms with Crippen molar-refractivity contribution in [3.63, 3.8) is 0 Å². The van der Waals surface area contributed by atoms with Crippen molar-refractivity contribution in [1.82, 2.24) is 9.97 Å². The summed E-state index contributed by atoms with van der Waals surface area (Å²) in [6.07, 6.45) is 1.41. The Hall–Kier alpha value is -2.34. The van der Waals surface area contributed by atoms with Gasteiger partial charge in [0.15, 0.2) is 0 Å². The van der Waals surface area contributed by atoms with E-state index in [1.807, 2.05) is 0 Å². The molecule has 0 fully saturated rings. The minimum atomic E-state index is -0.379. The van der Waals surface area contributed by atoms with Gasteiger partial charge in [0, 0.05) is 18.3 Å². The molecule has 1 aromatic carbocycles. The van der Waals surface area contributed by atoms with Gasteiger partial charge in [-0.3, -0.25) is 4.79 Å². The van der Waals surface area contributed by atoms with Gasteiger partial charge in [-0.05, 0) is 17.7 Å². The fourth-order valence-corrected chi connectivity index (χ4v) is 1.97. The van der Waals surface area contributed by atoms with Crippen LogP contribution >= 0.6 is 11.6 Å². The number of ketones is 1. The number of aromatic nitrogens is 2. The van der Waals surface area contributed by atoms with E-state index >= 15 is 0 Å². The first kappa shape index (κ1) is 15.1. The van der Waals surface area contributed by atoms with E-state index in [4.69, 9.17) is 25.8 Å². The third-order valence-electron chi connectivity index (χ3n) is 2.80. The molecule has 0 atom stereocenters. The standard InChI is InChI=1S/C14H13ClN2O4/c1-19-8-6-10(20-2)12(11(7-8)21-3)13(18)9-4-5-16-14(15)17-9/h4-7H,1-3H3. The minimum Gasteiger partial charge on any atom is -0.496 e. The van der Waals surface area contributed by atoms with Crippen molar-refractivity contribution >= 4 is 17.4 Å². The molecule has 1 aromatic heterocycles. The van der Waals surface area contributed by atoms with E-state index in [2.05, 4.69) is 9.97 Å². The van der Waals surface area contributed by atoms with Gasteiger partial charge in [-0.1, -0.05) is 0 Å². The maximum atomic E-state index is 12.6. The normalized spacial score (nSPS) is 10.1. The van der Waals surface area contributed by atoms with E-state index in [1.54, 1.807) is 12.1 Å². The van der Waals surface area contributed by atoms with Crippen LogP contribution in [0.15, 0.2) is 24.4 Å². The quantitative estimate of drug-likeness (QED) is 0.624. The van der Waals surface area contributed by atoms with E-state index in [0.717, 1.165) is 0 Å². The molecule has 1 heterocycles. The first-order valence-electron chi connectivity index (χ1n) is 5.94. The first-order valence-corrected chi connectivity index (χ1v) is 6.31. The number of ether oxygens (including phenoxy) is 3. The fraction of sp³-hybridized carbons (Fsp3) is 0.214. The highest BCUT2D eigenvalue weighted by Crippen LogP contribution is 2.35. The first-order chi connectivity index (χ1) is 10.1. The minimum absolute atomic E-state index is 0.00713. The number of halogens is 1. The predicted molar refractivity (Wildman–Crippen MR) is 76.6 cm³/mol. The second-order valence-corrected chi connectivity index (χ2v) is 4.29. The Balaban J connectivity index is 2.59. The summed E-state index contributed by atoms with van der Waals surface area (Å²) in [6, 6.07) is 4.66. The largest absolute Gasteiger partial charge is 0.496 e. The summed E-state index contributed by atoms with van der Waals surface area (Å²) < 4.78 is 15.6. The third kappa shape index (κ3) is 3.05. The van der Waals surface area contributed by atoms with E-state index < -0.39 is 0 Å². The maximum Gasteiger partial charge on any atom is 0.222 e. The molecule has 0 saturated heterocycles. The number of hydrogen-bond acceptors (Lipinski definition) is 6. The number of rotatable bonds is 5. The molecule has 0 aliphatic rings. The maximum absolute atomic E-state index is 12.6. The highest BCUT2D eigenvalue weighted by atomic mass is 35.5. The predicted octanol–water partition coefficient (Wildman–Crippen LogP) is 2.39. The number of benzene rings is 1. The van der Waals surface area contributed by atoms with Crippen LogP contribution in [0.5, 0.6) is 17.2 Å². The second kappa shape index (κ2) is 6.41. The van der Waals surface area contributed by atoms with Crippen LogP contribution in [0.25, 0.3) is 0 Å². The molecule has 0 radical (unpaired) electrons. The van der Waals surface area contributed by atoms with Crippen LogP contribution < -0.4 is 14.2 Å². The summed E-state index contributed by atoms with van der Waals surface area (Å²) in [5.41, 5.74) is 0.396. The van der Waals surface area contributed by atoms with Gasteiger partial charge in [0.2, 0.25) is 11.1 Å². The molecule has 0 aliphatic carbocycles. The molecule has 21 heavy (non-hydrogen) atoms. The van der Waals surface area contributed by atoms with Crippen LogP contribution in [0, 0.1) is 0 Å². The molecule has 0 N–H and O–H groups in total. The van der Waals surface area contributed by atoms with Gasteiger partial charge in [0.25, 0.3) is 0 Å². The van der Waals surface area contributed by atoms with Gasteiger partial charge >= 0.3 is 0 Å². The lowest BCUT2D eigenvalue weighted by molar-refractivity contribution is 0.102. The summed E-state index contributed by atoms with van der Waals surface area (Å²) in [5, 5.41) is -0.00713. The van der Waals surface area contributed by atoms with E-state index in [1.165, 1.54) is 33.6 Å². The van der Waals surface area contributed by atoms with Crippen LogP contribution in [0.3, 0.4) is 0 Å². The lowest BCUT2D eigenvalue weighted by atomic mass is 10.0. The molecule has 6 nitrogen and oxygen atoms in total. The Labute approximate surface area is 126 Å². The van der Waals surface area contributed by atoms with Crippen LogP contribution in [0.1, 0.15) is 16.1 Å². The van der Waals surface area contributed by atoms with Crippen molar-refractivity contribution in [2.24, 2.45) is 0 Å². The van der Waals surface area contributed by atoms with E-state index in [9.17, 15) is 4.79 Å². The van der Waals surface area contributed by atoms with Crippen molar-refractivity contribution in [2.75, 3.05) is 21.3 Å². The molecule has 7 heteroatoms. The van der Waals surface area contributed by atoms with Gasteiger partial charge < -0.3 is 14.2 Å². The average molecular weight is 309 g/mol. The van der Waals surface area contributed by atoms with Crippen LogP contribution in [-0.2, 0) is 0 Å². The molecule has 110 valence electrons. The molecule has 0 amide bonds. The molecule has 0 aliphatic heterocycles. The zero-order valence-electron chi connectivity index (χ0n) is 11.7. The van der Waals surface area contributed by atoms with Crippen molar-refractivity contribution in [3.8, 4) is 17.2 Å². The zero-order valence-corrected chi connectivity index (χ0v) is 12.5. The summed E-state index contributed by atoms with van der Waals surface area (Å²) in [6.45, 7) is 0. The second-order valence-electron chi connectivity index (χ2n) is 3.95. The van der Waals surface area contributed by atoms with Gasteiger partial charge in [0.1, 0.15) is 28.5 Å². The van der Waals surface area contributed by atoms with Crippen molar-refractivity contribution in [3.05, 3.63) is 40.9 Å². The van der Waals surface area contributed by atoms with Crippen molar-refractivity contribution in [2.45, 2.75) is 0 Å². The highest BCUT2D eigenvalue weighted by molar-refractivity contribution is 6.28. The smallest absolute Gasteiger partial charge is 0.222 e. The zero-order chi connectivity index (χ0) is 15.4. The van der Waals surface area contributed by atoms with E-state index in [-0.39, 0.29) is 22.3 Å². The number of methoxy groups -OCH3 is 3. The lowest BCUT2D eigenvalue weighted by Crippen LogP contribution is -2.09. The van der Waals surface area contributed by atoms with Gasteiger partial charge in [0.05, 0.1) is 21.3 Å². The Morgan fingerprint density at radius 3 is 2.19 bits per heavy atom.